The molecule has 0 radical (unpaired) electrons. The van der Waals surface area contributed by atoms with Crippen molar-refractivity contribution in [3.05, 3.63) is 12.0 Å². The van der Waals surface area contributed by atoms with Crippen molar-refractivity contribution in [2.75, 3.05) is 0 Å². The number of hydrogen-bond acceptors (Lipinski definition) is 4. The third kappa shape index (κ3) is 0.632. The second kappa shape index (κ2) is 1.33. The summed E-state index contributed by atoms with van der Waals surface area (Å²) in [5.74, 6) is 0.488. The van der Waals surface area contributed by atoms with Crippen LogP contribution in [0.1, 0.15) is 18.6 Å². The summed E-state index contributed by atoms with van der Waals surface area (Å²) in [6.07, 6.45) is 2.99. The molecule has 0 atom stereocenters. The maximum atomic E-state index is 9.32. The van der Waals surface area contributed by atoms with Crippen LogP contribution in [0.5, 0.6) is 0 Å². The van der Waals surface area contributed by atoms with Gasteiger partial charge in [-0.2, -0.15) is 0 Å². The second-order valence-corrected chi connectivity index (χ2v) is 2.31. The van der Waals surface area contributed by atoms with Crippen LogP contribution in [0.25, 0.3) is 0 Å². The highest BCUT2D eigenvalue weighted by Gasteiger charge is 2.45. The summed E-state index contributed by atoms with van der Waals surface area (Å²) < 4.78 is 4.65. The van der Waals surface area contributed by atoms with Gasteiger partial charge in [-0.1, -0.05) is 0 Å². The Balaban J connectivity index is 2.34. The van der Waals surface area contributed by atoms with E-state index in [-0.39, 0.29) is 0 Å². The number of aromatic nitrogens is 2. The molecule has 0 aliphatic heterocycles. The molecule has 0 aromatic carbocycles. The molecule has 1 aromatic heterocycles. The van der Waals surface area contributed by atoms with Gasteiger partial charge < -0.3 is 9.63 Å². The van der Waals surface area contributed by atoms with E-state index < -0.39 is 5.60 Å². The van der Waals surface area contributed by atoms with Crippen molar-refractivity contribution in [1.29, 1.82) is 0 Å². The lowest BCUT2D eigenvalue weighted by atomic mass is 10.3. The van der Waals surface area contributed by atoms with Crippen molar-refractivity contribution in [3.63, 3.8) is 0 Å². The predicted molar refractivity (Wildman–Crippen MR) is 27.4 cm³/mol. The monoisotopic (exact) mass is 126 g/mol. The topological polar surface area (TPSA) is 59.2 Å². The van der Waals surface area contributed by atoms with E-state index in [0.29, 0.717) is 5.76 Å². The molecule has 0 spiro atoms. The number of nitrogens with zero attached hydrogens (tertiary/aromatic N) is 2. The summed E-state index contributed by atoms with van der Waals surface area (Å²) in [5.41, 5.74) is -0.719. The Kier molecular flexibility index (Phi) is 0.728. The van der Waals surface area contributed by atoms with Crippen LogP contribution in [0.4, 0.5) is 0 Å². The summed E-state index contributed by atoms with van der Waals surface area (Å²) >= 11 is 0. The molecule has 4 nitrogen and oxygen atoms in total. The van der Waals surface area contributed by atoms with Gasteiger partial charge in [0.2, 0.25) is 0 Å². The Morgan fingerprint density at radius 1 is 1.67 bits per heavy atom. The molecule has 1 N–H and O–H groups in total. The van der Waals surface area contributed by atoms with E-state index in [4.69, 9.17) is 0 Å². The molecular formula is C5H6N2O2. The van der Waals surface area contributed by atoms with Gasteiger partial charge in [0, 0.05) is 5.27 Å². The fraction of sp³-hybridized carbons (Fsp3) is 0.600. The van der Waals surface area contributed by atoms with E-state index >= 15 is 0 Å². The molecule has 1 heterocycles. The summed E-state index contributed by atoms with van der Waals surface area (Å²) in [5, 5.41) is 16.0. The van der Waals surface area contributed by atoms with E-state index in [1.807, 2.05) is 0 Å². The van der Waals surface area contributed by atoms with Crippen molar-refractivity contribution in [1.82, 2.24) is 10.4 Å². The van der Waals surface area contributed by atoms with Gasteiger partial charge >= 0.3 is 0 Å². The summed E-state index contributed by atoms with van der Waals surface area (Å²) in [6.45, 7) is 0. The zero-order chi connectivity index (χ0) is 6.32. The van der Waals surface area contributed by atoms with Gasteiger partial charge in [-0.25, -0.2) is 0 Å². The van der Waals surface area contributed by atoms with Gasteiger partial charge in [0.25, 0.3) is 0 Å². The van der Waals surface area contributed by atoms with Gasteiger partial charge in [-0.15, -0.1) is 5.10 Å². The first kappa shape index (κ1) is 4.93. The molecule has 2 rings (SSSR count). The molecule has 1 fully saturated rings. The van der Waals surface area contributed by atoms with Crippen molar-refractivity contribution >= 4 is 0 Å². The highest BCUT2D eigenvalue weighted by molar-refractivity contribution is 5.11. The lowest BCUT2D eigenvalue weighted by Gasteiger charge is -1.96. The molecular weight excluding hydrogens is 120 g/mol. The first-order valence-electron chi connectivity index (χ1n) is 2.81. The molecule has 0 bridgehead atoms. The lowest BCUT2D eigenvalue weighted by molar-refractivity contribution is 0.113. The molecule has 1 aliphatic rings. The molecule has 9 heavy (non-hydrogen) atoms. The number of rotatable bonds is 1. The Bertz CT molecular complexity index is 203. The van der Waals surface area contributed by atoms with Crippen molar-refractivity contribution < 1.29 is 9.63 Å². The molecule has 4 heteroatoms. The molecule has 0 unspecified atom stereocenters. The Labute approximate surface area is 51.5 Å². The van der Waals surface area contributed by atoms with Gasteiger partial charge in [-0.3, -0.25) is 0 Å². The van der Waals surface area contributed by atoms with Crippen molar-refractivity contribution in [2.45, 2.75) is 18.4 Å². The molecule has 1 aliphatic carbocycles. The van der Waals surface area contributed by atoms with Crippen LogP contribution in [0.3, 0.4) is 0 Å². The zero-order valence-corrected chi connectivity index (χ0v) is 4.74. The van der Waals surface area contributed by atoms with E-state index in [1.54, 1.807) is 0 Å². The first-order valence-corrected chi connectivity index (χ1v) is 2.81. The molecule has 0 amide bonds. The van der Waals surface area contributed by atoms with Crippen LogP contribution in [0.15, 0.2) is 10.7 Å². The minimum absolute atomic E-state index is 0.488. The Morgan fingerprint density at radius 3 is 2.89 bits per heavy atom. The summed E-state index contributed by atoms with van der Waals surface area (Å²) in [6, 6.07) is 0. The van der Waals surface area contributed by atoms with Gasteiger partial charge in [-0.05, 0) is 12.8 Å². The van der Waals surface area contributed by atoms with E-state index in [9.17, 15) is 5.11 Å². The smallest absolute Gasteiger partial charge is 0.188 e. The van der Waals surface area contributed by atoms with Gasteiger partial charge in [0.1, 0.15) is 5.60 Å². The van der Waals surface area contributed by atoms with E-state index in [0.717, 1.165) is 12.8 Å². The zero-order valence-electron chi connectivity index (χ0n) is 4.74. The summed E-state index contributed by atoms with van der Waals surface area (Å²) in [7, 11) is 0. The highest BCUT2D eigenvalue weighted by Crippen LogP contribution is 2.44. The molecule has 0 saturated heterocycles. The minimum atomic E-state index is -0.719. The minimum Gasteiger partial charge on any atom is -0.382 e. The van der Waals surface area contributed by atoms with Crippen LogP contribution in [0, 0.1) is 0 Å². The largest absolute Gasteiger partial charge is 0.382 e. The van der Waals surface area contributed by atoms with Gasteiger partial charge in [0.05, 0.1) is 6.20 Å². The van der Waals surface area contributed by atoms with Crippen LogP contribution in [-0.2, 0) is 5.60 Å². The predicted octanol–water partition coefficient (Wildman–Crippen LogP) is 0.0510. The molecule has 48 valence electrons. The lowest BCUT2D eigenvalue weighted by Crippen LogP contribution is -2.01. The third-order valence-electron chi connectivity index (χ3n) is 1.54. The number of hydrogen-bond donors (Lipinski definition) is 1. The quantitative estimate of drug-likeness (QED) is 0.577. The SMILES string of the molecule is OC1(c2cnno2)CC1. The normalized spacial score (nSPS) is 21.9. The number of aliphatic hydroxyl groups is 1. The van der Waals surface area contributed by atoms with E-state index in [2.05, 4.69) is 14.9 Å². The summed E-state index contributed by atoms with van der Waals surface area (Å²) in [4.78, 5) is 0. The second-order valence-electron chi connectivity index (χ2n) is 2.31. The van der Waals surface area contributed by atoms with Crippen LogP contribution < -0.4 is 0 Å². The van der Waals surface area contributed by atoms with Crippen LogP contribution >= 0.6 is 0 Å². The first-order chi connectivity index (χ1) is 4.31. The Hall–Kier alpha value is -0.900. The highest BCUT2D eigenvalue weighted by atomic mass is 16.5. The third-order valence-corrected chi connectivity index (χ3v) is 1.54. The standard InChI is InChI=1S/C5H6N2O2/c8-5(1-2-5)4-3-6-7-9-4/h3,8H,1-2H2. The van der Waals surface area contributed by atoms with Crippen molar-refractivity contribution in [2.24, 2.45) is 0 Å². The fourth-order valence-corrected chi connectivity index (χ4v) is 0.737. The molecule has 1 saturated carbocycles. The maximum absolute atomic E-state index is 9.32. The van der Waals surface area contributed by atoms with Crippen LogP contribution in [-0.4, -0.2) is 15.5 Å². The average Bonchev–Trinajstić information content (AvgIpc) is 2.46. The molecule has 1 aromatic rings. The maximum Gasteiger partial charge on any atom is 0.188 e. The van der Waals surface area contributed by atoms with E-state index in [1.165, 1.54) is 6.20 Å². The Morgan fingerprint density at radius 2 is 2.44 bits per heavy atom. The fourth-order valence-electron chi connectivity index (χ4n) is 0.737. The van der Waals surface area contributed by atoms with Crippen molar-refractivity contribution in [3.8, 4) is 0 Å². The average molecular weight is 126 g/mol. The van der Waals surface area contributed by atoms with Crippen LogP contribution in [0.2, 0.25) is 0 Å². The van der Waals surface area contributed by atoms with Gasteiger partial charge in [0.15, 0.2) is 5.76 Å².